The van der Waals surface area contributed by atoms with Crippen LogP contribution in [-0.2, 0) is 0 Å². The molecule has 2 aromatic heterocycles. The van der Waals surface area contributed by atoms with Gasteiger partial charge in [-0.3, -0.25) is 0 Å². The molecule has 0 spiro atoms. The van der Waals surface area contributed by atoms with Crippen molar-refractivity contribution in [2.75, 3.05) is 0 Å². The van der Waals surface area contributed by atoms with Crippen molar-refractivity contribution in [2.24, 2.45) is 0 Å². The van der Waals surface area contributed by atoms with Gasteiger partial charge in [0, 0.05) is 27.5 Å². The number of nitrogens with zero attached hydrogens (tertiary/aromatic N) is 3. The summed E-state index contributed by atoms with van der Waals surface area (Å²) in [4.78, 5) is 15.5. The lowest BCUT2D eigenvalue weighted by Gasteiger charge is -2.11. The number of hydrogen-bond acceptors (Lipinski definition) is 4. The van der Waals surface area contributed by atoms with Gasteiger partial charge in [-0.2, -0.15) is 0 Å². The van der Waals surface area contributed by atoms with Crippen LogP contribution >= 0.6 is 0 Å². The predicted molar refractivity (Wildman–Crippen MR) is 209 cm³/mol. The Labute approximate surface area is 294 Å². The van der Waals surface area contributed by atoms with Gasteiger partial charge in [-0.15, -0.1) is 0 Å². The van der Waals surface area contributed by atoms with E-state index in [-0.39, 0.29) is 0 Å². The molecule has 0 aliphatic heterocycles. The fourth-order valence-electron chi connectivity index (χ4n) is 7.10. The molecule has 0 aliphatic carbocycles. The standard InChI is InChI=1S/C47H29N3O/c1-3-10-30(11-4-1)35-21-18-33-20-23-38(28-39(33)27-35)46-48-45(37-22-19-32-14-7-8-15-34(32)26-37)49-47(50-46)41-16-9-17-42-44(41)40-25-24-36(29-43(40)51-42)31-12-5-2-6-13-31/h1-29H. The second-order valence-corrected chi connectivity index (χ2v) is 12.9. The van der Waals surface area contributed by atoms with Crippen molar-refractivity contribution in [3.05, 3.63) is 176 Å². The summed E-state index contributed by atoms with van der Waals surface area (Å²) in [5, 5.41) is 6.60. The van der Waals surface area contributed by atoms with E-state index in [1.54, 1.807) is 0 Å². The summed E-state index contributed by atoms with van der Waals surface area (Å²) in [6, 6.07) is 61.1. The zero-order valence-corrected chi connectivity index (χ0v) is 27.5. The third kappa shape index (κ3) is 5.22. The minimum Gasteiger partial charge on any atom is -0.456 e. The zero-order valence-electron chi connectivity index (χ0n) is 27.5. The molecular formula is C47H29N3O. The van der Waals surface area contributed by atoms with Gasteiger partial charge in [0.05, 0.1) is 0 Å². The van der Waals surface area contributed by atoms with Crippen LogP contribution in [-0.4, -0.2) is 15.0 Å². The fourth-order valence-corrected chi connectivity index (χ4v) is 7.10. The minimum atomic E-state index is 0.599. The quantitative estimate of drug-likeness (QED) is 0.186. The maximum atomic E-state index is 6.48. The van der Waals surface area contributed by atoms with Gasteiger partial charge in [0.2, 0.25) is 0 Å². The second-order valence-electron chi connectivity index (χ2n) is 12.9. The highest BCUT2D eigenvalue weighted by molar-refractivity contribution is 6.12. The Morgan fingerprint density at radius 1 is 0.314 bits per heavy atom. The highest BCUT2D eigenvalue weighted by atomic mass is 16.3. The molecule has 8 aromatic carbocycles. The number of hydrogen-bond donors (Lipinski definition) is 0. The molecular weight excluding hydrogens is 623 g/mol. The highest BCUT2D eigenvalue weighted by Crippen LogP contribution is 2.38. The van der Waals surface area contributed by atoms with E-state index in [4.69, 9.17) is 19.4 Å². The van der Waals surface area contributed by atoms with E-state index in [2.05, 4.69) is 152 Å². The van der Waals surface area contributed by atoms with Crippen molar-refractivity contribution in [2.45, 2.75) is 0 Å². The SMILES string of the molecule is c1ccc(-c2ccc3ccc(-c4nc(-c5ccc6ccccc6c5)nc(-c5cccc6oc7cc(-c8ccccc8)ccc7c56)n4)cc3c2)cc1. The molecule has 4 nitrogen and oxygen atoms in total. The van der Waals surface area contributed by atoms with E-state index in [1.807, 2.05) is 24.3 Å². The van der Waals surface area contributed by atoms with Gasteiger partial charge in [0.15, 0.2) is 17.5 Å². The van der Waals surface area contributed by atoms with Crippen molar-refractivity contribution in [1.82, 2.24) is 15.0 Å². The molecule has 0 amide bonds. The molecule has 238 valence electrons. The number of fused-ring (bicyclic) bond motifs is 5. The van der Waals surface area contributed by atoms with Crippen molar-refractivity contribution >= 4 is 43.5 Å². The number of rotatable bonds is 5. The van der Waals surface area contributed by atoms with E-state index < -0.39 is 0 Å². The summed E-state index contributed by atoms with van der Waals surface area (Å²) in [5.41, 5.74) is 8.98. The van der Waals surface area contributed by atoms with Crippen LogP contribution < -0.4 is 0 Å². The first-order chi connectivity index (χ1) is 25.2. The Bertz CT molecular complexity index is 2910. The van der Waals surface area contributed by atoms with Gasteiger partial charge < -0.3 is 4.42 Å². The molecule has 10 aromatic rings. The summed E-state index contributed by atoms with van der Waals surface area (Å²) in [6.45, 7) is 0. The lowest BCUT2D eigenvalue weighted by atomic mass is 9.99. The molecule has 2 heterocycles. The largest absolute Gasteiger partial charge is 0.456 e. The Morgan fingerprint density at radius 2 is 0.843 bits per heavy atom. The van der Waals surface area contributed by atoms with Crippen LogP contribution in [0.5, 0.6) is 0 Å². The maximum Gasteiger partial charge on any atom is 0.164 e. The molecule has 0 aliphatic rings. The predicted octanol–water partition coefficient (Wildman–Crippen LogP) is 12.4. The van der Waals surface area contributed by atoms with Crippen LogP contribution in [0.15, 0.2) is 180 Å². The molecule has 0 unspecified atom stereocenters. The van der Waals surface area contributed by atoms with Crippen molar-refractivity contribution in [1.29, 1.82) is 0 Å². The van der Waals surface area contributed by atoms with E-state index >= 15 is 0 Å². The minimum absolute atomic E-state index is 0.599. The molecule has 0 bridgehead atoms. The lowest BCUT2D eigenvalue weighted by molar-refractivity contribution is 0.669. The maximum absolute atomic E-state index is 6.48. The molecule has 4 heteroatoms. The van der Waals surface area contributed by atoms with Gasteiger partial charge >= 0.3 is 0 Å². The molecule has 10 rings (SSSR count). The van der Waals surface area contributed by atoms with Crippen molar-refractivity contribution in [3.8, 4) is 56.4 Å². The number of furan rings is 1. The van der Waals surface area contributed by atoms with Gasteiger partial charge in [-0.05, 0) is 80.2 Å². The van der Waals surface area contributed by atoms with E-state index in [9.17, 15) is 0 Å². The van der Waals surface area contributed by atoms with Crippen LogP contribution in [0, 0.1) is 0 Å². The zero-order chi connectivity index (χ0) is 33.7. The molecule has 0 saturated carbocycles. The first kappa shape index (κ1) is 29.0. The normalized spacial score (nSPS) is 11.5. The third-order valence-electron chi connectivity index (χ3n) is 9.69. The first-order valence-electron chi connectivity index (χ1n) is 17.1. The van der Waals surface area contributed by atoms with Crippen LogP contribution in [0.4, 0.5) is 0 Å². The highest BCUT2D eigenvalue weighted by Gasteiger charge is 2.19. The van der Waals surface area contributed by atoms with E-state index in [0.29, 0.717) is 17.5 Å². The number of benzene rings is 8. The Morgan fingerprint density at radius 3 is 1.55 bits per heavy atom. The molecule has 0 fully saturated rings. The topological polar surface area (TPSA) is 51.8 Å². The summed E-state index contributed by atoms with van der Waals surface area (Å²) in [7, 11) is 0. The van der Waals surface area contributed by atoms with Gasteiger partial charge in [-0.25, -0.2) is 15.0 Å². The van der Waals surface area contributed by atoms with Gasteiger partial charge in [0.25, 0.3) is 0 Å². The van der Waals surface area contributed by atoms with Crippen LogP contribution in [0.3, 0.4) is 0 Å². The van der Waals surface area contributed by atoms with Crippen molar-refractivity contribution < 1.29 is 4.42 Å². The third-order valence-corrected chi connectivity index (χ3v) is 9.69. The smallest absolute Gasteiger partial charge is 0.164 e. The van der Waals surface area contributed by atoms with Crippen molar-refractivity contribution in [3.63, 3.8) is 0 Å². The first-order valence-corrected chi connectivity index (χ1v) is 17.1. The van der Waals surface area contributed by atoms with E-state index in [0.717, 1.165) is 65.9 Å². The van der Waals surface area contributed by atoms with Gasteiger partial charge in [0.1, 0.15) is 11.2 Å². The van der Waals surface area contributed by atoms with Crippen LogP contribution in [0.2, 0.25) is 0 Å². The molecule has 0 atom stereocenters. The van der Waals surface area contributed by atoms with Crippen LogP contribution in [0.25, 0.3) is 99.9 Å². The monoisotopic (exact) mass is 651 g/mol. The lowest BCUT2D eigenvalue weighted by Crippen LogP contribution is -2.00. The summed E-state index contributed by atoms with van der Waals surface area (Å²) >= 11 is 0. The Hall–Kier alpha value is -6.91. The van der Waals surface area contributed by atoms with E-state index in [1.165, 1.54) is 16.5 Å². The Balaban J connectivity index is 1.17. The number of aromatic nitrogens is 3. The summed E-state index contributed by atoms with van der Waals surface area (Å²) in [6.07, 6.45) is 0. The van der Waals surface area contributed by atoms with Crippen LogP contribution in [0.1, 0.15) is 0 Å². The molecule has 0 N–H and O–H groups in total. The molecule has 51 heavy (non-hydrogen) atoms. The molecule has 0 saturated heterocycles. The Kier molecular flexibility index (Phi) is 6.78. The second kappa shape index (κ2) is 11.9. The summed E-state index contributed by atoms with van der Waals surface area (Å²) < 4.78 is 6.48. The average Bonchev–Trinajstić information content (AvgIpc) is 3.59. The molecule has 0 radical (unpaired) electrons. The average molecular weight is 652 g/mol. The fraction of sp³-hybridized carbons (Fsp3) is 0. The summed E-state index contributed by atoms with van der Waals surface area (Å²) in [5.74, 6) is 1.84. The van der Waals surface area contributed by atoms with Gasteiger partial charge in [-0.1, -0.05) is 140 Å².